The van der Waals surface area contributed by atoms with E-state index in [4.69, 9.17) is 46.4 Å². The van der Waals surface area contributed by atoms with E-state index in [2.05, 4.69) is 10.2 Å². The highest BCUT2D eigenvalue weighted by molar-refractivity contribution is 6.35. The number of halogens is 4. The SMILES string of the molecule is Clc1cc(Cl)cc(C=NN=Cc2cc(Cl)cc(Cl)c2)c1. The van der Waals surface area contributed by atoms with Crippen molar-refractivity contribution in [2.45, 2.75) is 0 Å². The highest BCUT2D eigenvalue weighted by Crippen LogP contribution is 2.19. The molecule has 0 amide bonds. The van der Waals surface area contributed by atoms with Crippen LogP contribution in [0.25, 0.3) is 0 Å². The van der Waals surface area contributed by atoms with Crippen LogP contribution in [0.2, 0.25) is 20.1 Å². The molecular formula is C14H8Cl4N2. The van der Waals surface area contributed by atoms with Gasteiger partial charge < -0.3 is 0 Å². The highest BCUT2D eigenvalue weighted by atomic mass is 35.5. The van der Waals surface area contributed by atoms with E-state index in [1.807, 2.05) is 0 Å². The largest absolute Gasteiger partial charge is 0.159 e. The molecule has 0 saturated carbocycles. The van der Waals surface area contributed by atoms with Gasteiger partial charge in [-0.1, -0.05) is 46.4 Å². The third kappa shape index (κ3) is 4.80. The molecule has 0 aliphatic rings. The lowest BCUT2D eigenvalue weighted by Gasteiger charge is -1.96. The maximum atomic E-state index is 5.88. The Morgan fingerprint density at radius 1 is 0.550 bits per heavy atom. The number of nitrogens with zero attached hydrogens (tertiary/aromatic N) is 2. The molecule has 0 heterocycles. The minimum atomic E-state index is 0.546. The van der Waals surface area contributed by atoms with Gasteiger partial charge >= 0.3 is 0 Å². The molecule has 2 rings (SSSR count). The normalized spacial score (nSPS) is 11.6. The molecule has 2 nitrogen and oxygen atoms in total. The van der Waals surface area contributed by atoms with Crippen molar-refractivity contribution in [3.63, 3.8) is 0 Å². The van der Waals surface area contributed by atoms with Crippen LogP contribution in [0.3, 0.4) is 0 Å². The van der Waals surface area contributed by atoms with Crippen LogP contribution in [-0.2, 0) is 0 Å². The van der Waals surface area contributed by atoms with E-state index in [9.17, 15) is 0 Å². The van der Waals surface area contributed by atoms with Crippen molar-refractivity contribution in [2.24, 2.45) is 10.2 Å². The van der Waals surface area contributed by atoms with Gasteiger partial charge in [-0.05, 0) is 47.5 Å². The van der Waals surface area contributed by atoms with Gasteiger partial charge in [0.1, 0.15) is 0 Å². The molecule has 0 radical (unpaired) electrons. The van der Waals surface area contributed by atoms with Crippen molar-refractivity contribution in [1.29, 1.82) is 0 Å². The predicted octanol–water partition coefficient (Wildman–Crippen LogP) is 5.75. The molecule has 0 unspecified atom stereocenters. The van der Waals surface area contributed by atoms with E-state index in [0.29, 0.717) is 20.1 Å². The molecule has 0 aliphatic carbocycles. The topological polar surface area (TPSA) is 24.7 Å². The zero-order valence-electron chi connectivity index (χ0n) is 10.0. The molecule has 0 spiro atoms. The summed E-state index contributed by atoms with van der Waals surface area (Å²) in [5.74, 6) is 0. The molecule has 0 fully saturated rings. The fraction of sp³-hybridized carbons (Fsp3) is 0. The van der Waals surface area contributed by atoms with Gasteiger partial charge in [-0.3, -0.25) is 0 Å². The summed E-state index contributed by atoms with van der Waals surface area (Å²) in [6, 6.07) is 10.3. The number of hydrogen-bond acceptors (Lipinski definition) is 2. The van der Waals surface area contributed by atoms with Crippen LogP contribution in [0.15, 0.2) is 46.6 Å². The first-order valence-electron chi connectivity index (χ1n) is 5.51. The maximum absolute atomic E-state index is 5.88. The Morgan fingerprint density at radius 3 is 1.15 bits per heavy atom. The Bertz CT molecular complexity index is 581. The summed E-state index contributed by atoms with van der Waals surface area (Å²) >= 11 is 23.5. The fourth-order valence-electron chi connectivity index (χ4n) is 1.50. The summed E-state index contributed by atoms with van der Waals surface area (Å²) in [4.78, 5) is 0. The van der Waals surface area contributed by atoms with Crippen LogP contribution in [0, 0.1) is 0 Å². The number of benzene rings is 2. The summed E-state index contributed by atoms with van der Waals surface area (Å²) in [5.41, 5.74) is 1.53. The first kappa shape index (κ1) is 15.3. The Hall–Kier alpha value is -1.06. The van der Waals surface area contributed by atoms with Gasteiger partial charge in [0.05, 0.1) is 12.4 Å². The summed E-state index contributed by atoms with van der Waals surface area (Å²) < 4.78 is 0. The lowest BCUT2D eigenvalue weighted by molar-refractivity contribution is 1.26. The van der Waals surface area contributed by atoms with E-state index in [1.165, 1.54) is 0 Å². The molecule has 0 atom stereocenters. The Balaban J connectivity index is 2.10. The molecule has 0 bridgehead atoms. The minimum Gasteiger partial charge on any atom is -0.159 e. The van der Waals surface area contributed by atoms with Gasteiger partial charge in [-0.25, -0.2) is 0 Å². The first-order chi connectivity index (χ1) is 9.52. The Labute approximate surface area is 136 Å². The molecule has 102 valence electrons. The number of rotatable bonds is 3. The monoisotopic (exact) mass is 344 g/mol. The molecule has 0 N–H and O–H groups in total. The zero-order chi connectivity index (χ0) is 14.5. The highest BCUT2D eigenvalue weighted by Gasteiger charge is 1.96. The zero-order valence-corrected chi connectivity index (χ0v) is 13.0. The predicted molar refractivity (Wildman–Crippen MR) is 88.1 cm³/mol. The minimum absolute atomic E-state index is 0.546. The van der Waals surface area contributed by atoms with Crippen molar-refractivity contribution in [3.05, 3.63) is 67.6 Å². The molecule has 0 aromatic heterocycles. The van der Waals surface area contributed by atoms with Crippen LogP contribution in [-0.4, -0.2) is 12.4 Å². The molecule has 2 aromatic rings. The lowest BCUT2D eigenvalue weighted by Crippen LogP contribution is -1.82. The second-order valence-electron chi connectivity index (χ2n) is 3.89. The van der Waals surface area contributed by atoms with Gasteiger partial charge in [-0.15, -0.1) is 0 Å². The standard InChI is InChI=1S/C14H8Cl4N2/c15-11-1-9(2-12(16)5-11)7-19-20-8-10-3-13(17)6-14(18)4-10/h1-8H. The van der Waals surface area contributed by atoms with Gasteiger partial charge in [0, 0.05) is 20.1 Å². The van der Waals surface area contributed by atoms with Crippen LogP contribution >= 0.6 is 46.4 Å². The lowest BCUT2D eigenvalue weighted by atomic mass is 10.2. The van der Waals surface area contributed by atoms with Crippen LogP contribution in [0.5, 0.6) is 0 Å². The van der Waals surface area contributed by atoms with Crippen molar-refractivity contribution in [2.75, 3.05) is 0 Å². The van der Waals surface area contributed by atoms with Gasteiger partial charge in [-0.2, -0.15) is 10.2 Å². The molecule has 2 aromatic carbocycles. The van der Waals surface area contributed by atoms with E-state index in [-0.39, 0.29) is 0 Å². The van der Waals surface area contributed by atoms with Crippen molar-refractivity contribution in [1.82, 2.24) is 0 Å². The third-order valence-electron chi connectivity index (χ3n) is 2.25. The maximum Gasteiger partial charge on any atom is 0.0569 e. The average molecular weight is 346 g/mol. The third-order valence-corrected chi connectivity index (χ3v) is 3.12. The Kier molecular flexibility index (Phi) is 5.44. The van der Waals surface area contributed by atoms with E-state index in [1.54, 1.807) is 48.8 Å². The second-order valence-corrected chi connectivity index (χ2v) is 5.64. The Morgan fingerprint density at radius 2 is 0.850 bits per heavy atom. The van der Waals surface area contributed by atoms with Crippen LogP contribution < -0.4 is 0 Å². The first-order valence-corrected chi connectivity index (χ1v) is 7.03. The summed E-state index contributed by atoms with van der Waals surface area (Å²) in [6.45, 7) is 0. The molecule has 20 heavy (non-hydrogen) atoms. The van der Waals surface area contributed by atoms with Gasteiger partial charge in [0.15, 0.2) is 0 Å². The van der Waals surface area contributed by atoms with Gasteiger partial charge in [0.25, 0.3) is 0 Å². The fourth-order valence-corrected chi connectivity index (χ4v) is 2.59. The average Bonchev–Trinajstić information content (AvgIpc) is 2.32. The molecule has 6 heteroatoms. The van der Waals surface area contributed by atoms with E-state index >= 15 is 0 Å². The quantitative estimate of drug-likeness (QED) is 0.499. The van der Waals surface area contributed by atoms with Crippen molar-refractivity contribution < 1.29 is 0 Å². The van der Waals surface area contributed by atoms with E-state index in [0.717, 1.165) is 11.1 Å². The molecule has 0 aliphatic heterocycles. The van der Waals surface area contributed by atoms with E-state index < -0.39 is 0 Å². The van der Waals surface area contributed by atoms with Crippen LogP contribution in [0.4, 0.5) is 0 Å². The van der Waals surface area contributed by atoms with Gasteiger partial charge in [0.2, 0.25) is 0 Å². The summed E-state index contributed by atoms with van der Waals surface area (Å²) in [5, 5.41) is 10.0. The van der Waals surface area contributed by atoms with Crippen molar-refractivity contribution >= 4 is 58.8 Å². The molecular weight excluding hydrogens is 338 g/mol. The van der Waals surface area contributed by atoms with Crippen molar-refractivity contribution in [3.8, 4) is 0 Å². The second kappa shape index (κ2) is 7.09. The summed E-state index contributed by atoms with van der Waals surface area (Å²) in [7, 11) is 0. The van der Waals surface area contributed by atoms with Crippen LogP contribution in [0.1, 0.15) is 11.1 Å². The summed E-state index contributed by atoms with van der Waals surface area (Å²) in [6.07, 6.45) is 3.11. The number of hydrogen-bond donors (Lipinski definition) is 0. The molecule has 0 saturated heterocycles. The smallest absolute Gasteiger partial charge is 0.0569 e.